The number of carbonyl (C=O) groups excluding carboxylic acids is 1. The topological polar surface area (TPSA) is 82.7 Å². The van der Waals surface area contributed by atoms with Gasteiger partial charge in [-0.15, -0.1) is 10.2 Å². The zero-order chi connectivity index (χ0) is 22.2. The quantitative estimate of drug-likeness (QED) is 0.301. The summed E-state index contributed by atoms with van der Waals surface area (Å²) in [6.07, 6.45) is 1.79. The number of benzene rings is 3. The molecule has 158 valence electrons. The van der Waals surface area contributed by atoms with Crippen molar-refractivity contribution in [2.45, 2.75) is 13.5 Å². The lowest BCUT2D eigenvalue weighted by Gasteiger charge is -2.05. The van der Waals surface area contributed by atoms with Gasteiger partial charge in [0.1, 0.15) is 0 Å². The fraction of sp³-hybridized carbons (Fsp3) is 0.0800. The number of fused-ring (bicyclic) bond motifs is 2. The monoisotopic (exact) mass is 442 g/mol. The van der Waals surface area contributed by atoms with E-state index in [1.165, 1.54) is 0 Å². The van der Waals surface area contributed by atoms with E-state index in [0.717, 1.165) is 27.5 Å². The van der Waals surface area contributed by atoms with Gasteiger partial charge in [-0.05, 0) is 42.8 Å². The molecule has 1 amide bonds. The second-order valence-electron chi connectivity index (χ2n) is 7.69. The van der Waals surface area contributed by atoms with E-state index in [0.29, 0.717) is 22.5 Å². The molecule has 5 aromatic rings. The van der Waals surface area contributed by atoms with Crippen LogP contribution in [-0.4, -0.2) is 20.6 Å². The van der Waals surface area contributed by atoms with E-state index >= 15 is 0 Å². The predicted octanol–water partition coefficient (Wildman–Crippen LogP) is 6.76. The second kappa shape index (κ2) is 7.98. The molecule has 3 aromatic carbocycles. The van der Waals surface area contributed by atoms with Crippen molar-refractivity contribution in [2.24, 2.45) is 10.2 Å². The number of azo groups is 1. The average molecular weight is 443 g/mol. The minimum atomic E-state index is -0.475. The van der Waals surface area contributed by atoms with E-state index in [1.54, 1.807) is 6.20 Å². The number of rotatable bonds is 4. The van der Waals surface area contributed by atoms with Gasteiger partial charge in [0.05, 0.1) is 11.1 Å². The summed E-state index contributed by atoms with van der Waals surface area (Å²) in [5, 5.41) is 20.4. The zero-order valence-corrected chi connectivity index (χ0v) is 18.0. The highest BCUT2D eigenvalue weighted by Gasteiger charge is 2.16. The third kappa shape index (κ3) is 3.65. The minimum Gasteiger partial charge on any atom is -0.493 e. The molecule has 32 heavy (non-hydrogen) atoms. The van der Waals surface area contributed by atoms with E-state index in [1.807, 2.05) is 78.2 Å². The number of aromatic nitrogens is 2. The molecule has 2 heterocycles. The molecule has 0 aliphatic rings. The summed E-state index contributed by atoms with van der Waals surface area (Å²) in [6, 6.07) is 21.0. The van der Waals surface area contributed by atoms with Gasteiger partial charge >= 0.3 is 0 Å². The number of H-pyrrole nitrogens is 1. The van der Waals surface area contributed by atoms with Crippen molar-refractivity contribution in [3.8, 4) is 5.88 Å². The molecule has 0 bridgehead atoms. The second-order valence-corrected chi connectivity index (χ2v) is 8.13. The van der Waals surface area contributed by atoms with Gasteiger partial charge in [0.25, 0.3) is 5.91 Å². The zero-order valence-electron chi connectivity index (χ0n) is 17.2. The van der Waals surface area contributed by atoms with Crippen LogP contribution in [0.3, 0.4) is 0 Å². The molecule has 0 aliphatic carbocycles. The number of hydrogen-bond acceptors (Lipinski definition) is 3. The number of aromatic hydroxyl groups is 1. The SMILES string of the molecule is Cc1ccc2[nH]c(O)c(N=NC(=O)c3cn(Cc4ccc(Cl)cc4)c4ccccc34)c2c1. The third-order valence-electron chi connectivity index (χ3n) is 5.43. The first-order valence-corrected chi connectivity index (χ1v) is 10.5. The molecule has 0 unspecified atom stereocenters. The smallest absolute Gasteiger partial charge is 0.297 e. The molecular formula is C25H19ClN4O2. The Bertz CT molecular complexity index is 1500. The fourth-order valence-electron chi connectivity index (χ4n) is 3.86. The number of nitrogens with zero attached hydrogens (tertiary/aromatic N) is 3. The number of hydrogen-bond donors (Lipinski definition) is 2. The molecule has 0 saturated heterocycles. The lowest BCUT2D eigenvalue weighted by molar-refractivity contribution is 0.0996. The highest BCUT2D eigenvalue weighted by atomic mass is 35.5. The van der Waals surface area contributed by atoms with E-state index in [-0.39, 0.29) is 11.6 Å². The summed E-state index contributed by atoms with van der Waals surface area (Å²) in [4.78, 5) is 15.9. The number of para-hydroxylation sites is 1. The summed E-state index contributed by atoms with van der Waals surface area (Å²) in [6.45, 7) is 2.54. The number of aromatic amines is 1. The Hall–Kier alpha value is -3.90. The van der Waals surface area contributed by atoms with E-state index in [4.69, 9.17) is 11.6 Å². The minimum absolute atomic E-state index is 0.118. The Balaban J connectivity index is 1.51. The largest absolute Gasteiger partial charge is 0.493 e. The molecule has 5 rings (SSSR count). The molecule has 2 N–H and O–H groups in total. The Kier molecular flexibility index (Phi) is 4.99. The van der Waals surface area contributed by atoms with Crippen LogP contribution in [0.2, 0.25) is 5.02 Å². The number of amides is 1. The maximum Gasteiger partial charge on any atom is 0.297 e. The molecule has 7 heteroatoms. The van der Waals surface area contributed by atoms with Crippen LogP contribution < -0.4 is 0 Å². The molecule has 6 nitrogen and oxygen atoms in total. The summed E-state index contributed by atoms with van der Waals surface area (Å²) in [7, 11) is 0. The van der Waals surface area contributed by atoms with E-state index in [2.05, 4.69) is 15.2 Å². The van der Waals surface area contributed by atoms with Crippen molar-refractivity contribution >= 4 is 45.0 Å². The Morgan fingerprint density at radius 3 is 2.66 bits per heavy atom. The van der Waals surface area contributed by atoms with Gasteiger partial charge in [-0.1, -0.05) is 53.6 Å². The lowest BCUT2D eigenvalue weighted by atomic mass is 10.1. The van der Waals surface area contributed by atoms with Gasteiger partial charge in [0.2, 0.25) is 5.88 Å². The van der Waals surface area contributed by atoms with Crippen molar-refractivity contribution in [1.29, 1.82) is 0 Å². The van der Waals surface area contributed by atoms with Gasteiger partial charge in [-0.3, -0.25) is 4.79 Å². The van der Waals surface area contributed by atoms with Crippen molar-refractivity contribution in [1.82, 2.24) is 9.55 Å². The number of nitrogens with one attached hydrogen (secondary N) is 1. The first-order valence-electron chi connectivity index (χ1n) is 10.1. The van der Waals surface area contributed by atoms with E-state index < -0.39 is 5.91 Å². The van der Waals surface area contributed by atoms with Crippen LogP contribution in [-0.2, 0) is 6.54 Å². The summed E-state index contributed by atoms with van der Waals surface area (Å²) >= 11 is 5.99. The highest BCUT2D eigenvalue weighted by Crippen LogP contribution is 2.36. The summed E-state index contributed by atoms with van der Waals surface area (Å²) < 4.78 is 2.01. The lowest BCUT2D eigenvalue weighted by Crippen LogP contribution is -1.98. The van der Waals surface area contributed by atoms with Crippen LogP contribution in [0, 0.1) is 6.92 Å². The maximum absolute atomic E-state index is 13.0. The third-order valence-corrected chi connectivity index (χ3v) is 5.69. The number of carbonyl (C=O) groups is 1. The summed E-state index contributed by atoms with van der Waals surface area (Å²) in [5.41, 5.74) is 4.44. The Labute approximate surface area is 188 Å². The van der Waals surface area contributed by atoms with Crippen LogP contribution in [0.15, 0.2) is 83.2 Å². The molecule has 0 aliphatic heterocycles. The van der Waals surface area contributed by atoms with Crippen LogP contribution in [0.1, 0.15) is 21.5 Å². The van der Waals surface area contributed by atoms with Gasteiger partial charge in [-0.25, -0.2) is 0 Å². The van der Waals surface area contributed by atoms with E-state index in [9.17, 15) is 9.90 Å². The Morgan fingerprint density at radius 1 is 1.06 bits per heavy atom. The molecule has 0 atom stereocenters. The first kappa shape index (κ1) is 20.0. The average Bonchev–Trinajstić information content (AvgIpc) is 3.31. The van der Waals surface area contributed by atoms with Gasteiger partial charge < -0.3 is 14.7 Å². The maximum atomic E-state index is 13.0. The molecule has 0 radical (unpaired) electrons. The van der Waals surface area contributed by atoms with Crippen LogP contribution >= 0.6 is 11.6 Å². The highest BCUT2D eigenvalue weighted by molar-refractivity contribution is 6.30. The predicted molar refractivity (Wildman–Crippen MR) is 126 cm³/mol. The van der Waals surface area contributed by atoms with Crippen molar-refractivity contribution in [2.75, 3.05) is 0 Å². The Morgan fingerprint density at radius 2 is 1.84 bits per heavy atom. The van der Waals surface area contributed by atoms with Gasteiger partial charge in [0, 0.05) is 34.1 Å². The molecule has 2 aromatic heterocycles. The standard InChI is InChI=1S/C25H19ClN4O2/c1-15-6-11-21-19(12-15)23(25(32)27-21)28-29-24(31)20-14-30(22-5-3-2-4-18(20)22)13-16-7-9-17(26)10-8-16/h2-12,14,27,32H,13H2,1H3. The van der Waals surface area contributed by atoms with Gasteiger partial charge in [0.15, 0.2) is 5.69 Å². The van der Waals surface area contributed by atoms with Gasteiger partial charge in [-0.2, -0.15) is 0 Å². The number of aryl methyl sites for hydroxylation is 1. The van der Waals surface area contributed by atoms with Crippen LogP contribution in [0.5, 0.6) is 5.88 Å². The number of halogens is 1. The van der Waals surface area contributed by atoms with Crippen molar-refractivity contribution in [3.63, 3.8) is 0 Å². The summed E-state index contributed by atoms with van der Waals surface area (Å²) in [5.74, 6) is -0.593. The first-order chi connectivity index (χ1) is 15.5. The normalized spacial score (nSPS) is 11.7. The van der Waals surface area contributed by atoms with Crippen molar-refractivity contribution in [3.05, 3.63) is 94.6 Å². The van der Waals surface area contributed by atoms with Crippen LogP contribution in [0.25, 0.3) is 21.8 Å². The van der Waals surface area contributed by atoms with Crippen molar-refractivity contribution < 1.29 is 9.90 Å². The molecular weight excluding hydrogens is 424 g/mol. The fourth-order valence-corrected chi connectivity index (χ4v) is 3.99. The molecule has 0 spiro atoms. The molecule has 0 fully saturated rings. The van der Waals surface area contributed by atoms with Crippen LogP contribution in [0.4, 0.5) is 5.69 Å². The molecule has 0 saturated carbocycles.